The Bertz CT molecular complexity index is 2500. The lowest BCUT2D eigenvalue weighted by Gasteiger charge is -2.32. The summed E-state index contributed by atoms with van der Waals surface area (Å²) in [6, 6.07) is 12.2. The third-order valence-corrected chi connectivity index (χ3v) is 11.2. The maximum Gasteiger partial charge on any atom is 0.255 e. The Balaban J connectivity index is 1.59. The molecule has 19 nitrogen and oxygen atoms in total. The number of hydrogen-bond donors (Lipinski definition) is 8. The van der Waals surface area contributed by atoms with Crippen molar-refractivity contribution < 1.29 is 38.6 Å². The maximum absolute atomic E-state index is 14.7. The fourth-order valence-electron chi connectivity index (χ4n) is 7.71. The van der Waals surface area contributed by atoms with Gasteiger partial charge in [-0.3, -0.25) is 24.0 Å². The zero-order chi connectivity index (χ0) is 49.2. The van der Waals surface area contributed by atoms with Gasteiger partial charge in [0.15, 0.2) is 17.3 Å². The number of benzene rings is 3. The Morgan fingerprint density at radius 1 is 0.910 bits per heavy atom. The van der Waals surface area contributed by atoms with Crippen molar-refractivity contribution in [2.45, 2.75) is 84.0 Å². The molecule has 1 aliphatic heterocycles. The van der Waals surface area contributed by atoms with Gasteiger partial charge in [-0.1, -0.05) is 51.1 Å². The SMILES string of the molecule is Cc1nc(-c2ccc(C(C)(C)C)cc2)nc(C)c1C(=O)NC(CCN)C(=O)N(C)[C@@H]1C(=O)N[C@@H](C)C(=O)N[C@H](C(=O)NCC#N)Cc2cc(OCCN)c(O)c(c2)-c2cc1ccc2OCCN. The van der Waals surface area contributed by atoms with E-state index in [1.165, 1.54) is 20.0 Å². The predicted octanol–water partition coefficient (Wildman–Crippen LogP) is 1.94. The molecule has 0 saturated heterocycles. The Labute approximate surface area is 390 Å². The van der Waals surface area contributed by atoms with E-state index < -0.39 is 53.7 Å². The van der Waals surface area contributed by atoms with E-state index in [0.29, 0.717) is 22.8 Å². The maximum atomic E-state index is 14.7. The lowest BCUT2D eigenvalue weighted by atomic mass is 9.86. The van der Waals surface area contributed by atoms with Crippen LogP contribution in [0, 0.1) is 25.2 Å². The van der Waals surface area contributed by atoms with Crippen molar-refractivity contribution in [1.29, 1.82) is 5.26 Å². The normalized spacial score (nSPS) is 16.6. The van der Waals surface area contributed by atoms with Crippen LogP contribution in [0.1, 0.15) is 78.6 Å². The number of carbonyl (C=O) groups is 5. The van der Waals surface area contributed by atoms with Crippen LogP contribution in [0.5, 0.6) is 17.2 Å². The standard InChI is InChI=1S/C48H61N11O8/c1-26-39(27(2)55-42(54-26)30-8-11-32(12-9-30)48(4,5)6)45(63)57-35(14-15-49)47(65)59(7)40-31-10-13-37(66-20-17-51)33(25-31)34-22-29(24-38(41(34)60)67-21-18-52)23-36(44(62)53-19-16-50)58-43(61)28(3)56-46(40)64/h8-13,22,24-25,28,35-36,40,60H,14-15,17-21,23,49,51-52H2,1-7H3,(H,53,62)(H,56,64)(H,57,63)(H,58,61)/t28-,35?,36-,40-/m0/s1. The van der Waals surface area contributed by atoms with Crippen molar-refractivity contribution in [2.24, 2.45) is 17.2 Å². The van der Waals surface area contributed by atoms with Crippen LogP contribution in [0.15, 0.2) is 54.6 Å². The van der Waals surface area contributed by atoms with E-state index in [-0.39, 0.29) is 97.2 Å². The summed E-state index contributed by atoms with van der Waals surface area (Å²) < 4.78 is 11.9. The van der Waals surface area contributed by atoms with E-state index in [1.54, 1.807) is 38.1 Å². The number of phenols is 1. The molecule has 4 atom stereocenters. The van der Waals surface area contributed by atoms with Crippen LogP contribution in [-0.4, -0.2) is 114 Å². The quantitative estimate of drug-likeness (QED) is 0.0791. The van der Waals surface area contributed by atoms with Crippen LogP contribution < -0.4 is 47.9 Å². The molecule has 1 aliphatic rings. The first-order valence-corrected chi connectivity index (χ1v) is 22.0. The van der Waals surface area contributed by atoms with Crippen molar-refractivity contribution in [3.05, 3.63) is 88.2 Å². The molecule has 67 heavy (non-hydrogen) atoms. The highest BCUT2D eigenvalue weighted by atomic mass is 16.5. The first-order valence-electron chi connectivity index (χ1n) is 22.0. The van der Waals surface area contributed by atoms with Gasteiger partial charge in [0.05, 0.1) is 23.0 Å². The van der Waals surface area contributed by atoms with Crippen LogP contribution in [-0.2, 0) is 31.0 Å². The number of carbonyl (C=O) groups excluding carboxylic acids is 5. The first-order chi connectivity index (χ1) is 31.8. The number of aryl methyl sites for hydroxylation is 2. The van der Waals surface area contributed by atoms with Crippen LogP contribution in [0.4, 0.5) is 0 Å². The minimum absolute atomic E-state index is 0.00155. The average molecular weight is 920 g/mol. The minimum atomic E-state index is -1.48. The van der Waals surface area contributed by atoms with Crippen molar-refractivity contribution in [1.82, 2.24) is 36.1 Å². The topological polar surface area (TPSA) is 303 Å². The number of ether oxygens (including phenoxy) is 2. The zero-order valence-electron chi connectivity index (χ0n) is 39.0. The van der Waals surface area contributed by atoms with Crippen molar-refractivity contribution in [3.8, 4) is 45.8 Å². The third-order valence-electron chi connectivity index (χ3n) is 11.2. The molecule has 1 unspecified atom stereocenters. The van der Waals surface area contributed by atoms with Gasteiger partial charge < -0.3 is 57.9 Å². The zero-order valence-corrected chi connectivity index (χ0v) is 39.0. The summed E-state index contributed by atoms with van der Waals surface area (Å²) in [5.74, 6) is -3.26. The number of nitrogens with one attached hydrogen (secondary N) is 4. The molecule has 0 saturated carbocycles. The fourth-order valence-corrected chi connectivity index (χ4v) is 7.71. The minimum Gasteiger partial charge on any atom is -0.504 e. The number of aromatic nitrogens is 2. The number of amides is 5. The van der Waals surface area contributed by atoms with Gasteiger partial charge in [0.2, 0.25) is 23.6 Å². The number of nitrogens with zero attached hydrogens (tertiary/aromatic N) is 4. The van der Waals surface area contributed by atoms with Gasteiger partial charge >= 0.3 is 0 Å². The average Bonchev–Trinajstić information content (AvgIpc) is 3.28. The molecule has 11 N–H and O–H groups in total. The van der Waals surface area contributed by atoms with E-state index in [1.807, 2.05) is 30.3 Å². The Morgan fingerprint density at radius 2 is 1.55 bits per heavy atom. The second-order valence-electron chi connectivity index (χ2n) is 17.3. The fraction of sp³-hybridized carbons (Fsp3) is 0.417. The van der Waals surface area contributed by atoms with Crippen molar-refractivity contribution >= 4 is 29.5 Å². The van der Waals surface area contributed by atoms with Crippen LogP contribution in [0.25, 0.3) is 22.5 Å². The summed E-state index contributed by atoms with van der Waals surface area (Å²) in [6.45, 7) is 11.1. The molecule has 1 aromatic heterocycles. The summed E-state index contributed by atoms with van der Waals surface area (Å²) in [7, 11) is 1.38. The number of fused-ring (bicyclic) bond motifs is 5. The van der Waals surface area contributed by atoms with E-state index in [0.717, 1.165) is 16.0 Å². The van der Waals surface area contributed by atoms with Gasteiger partial charge in [0, 0.05) is 43.2 Å². The summed E-state index contributed by atoms with van der Waals surface area (Å²) >= 11 is 0. The predicted molar refractivity (Wildman–Crippen MR) is 251 cm³/mol. The van der Waals surface area contributed by atoms with Gasteiger partial charge in [0.25, 0.3) is 5.91 Å². The number of nitrogens with two attached hydrogens (primary N) is 3. The van der Waals surface area contributed by atoms with Gasteiger partial charge in [-0.25, -0.2) is 9.97 Å². The molecular weight excluding hydrogens is 859 g/mol. The molecule has 4 bridgehead atoms. The summed E-state index contributed by atoms with van der Waals surface area (Å²) in [5, 5.41) is 31.5. The molecule has 0 fully saturated rings. The van der Waals surface area contributed by atoms with Crippen LogP contribution in [0.2, 0.25) is 0 Å². The molecule has 0 radical (unpaired) electrons. The third kappa shape index (κ3) is 12.2. The number of nitriles is 1. The molecule has 4 aromatic rings. The van der Waals surface area contributed by atoms with Crippen molar-refractivity contribution in [3.63, 3.8) is 0 Å². The van der Waals surface area contributed by atoms with Gasteiger partial charge in [-0.15, -0.1) is 0 Å². The highest BCUT2D eigenvalue weighted by Crippen LogP contribution is 2.44. The molecule has 356 valence electrons. The summed E-state index contributed by atoms with van der Waals surface area (Å²) in [6.07, 6.45) is -0.165. The van der Waals surface area contributed by atoms with Crippen molar-refractivity contribution in [2.75, 3.05) is 46.4 Å². The van der Waals surface area contributed by atoms with E-state index in [4.69, 9.17) is 26.7 Å². The number of hydrogen-bond acceptors (Lipinski definition) is 14. The summed E-state index contributed by atoms with van der Waals surface area (Å²) in [5.41, 5.74) is 21.4. The van der Waals surface area contributed by atoms with Gasteiger partial charge in [-0.05, 0) is 80.1 Å². The second kappa shape index (κ2) is 22.4. The second-order valence-corrected chi connectivity index (χ2v) is 17.3. The van der Waals surface area contributed by atoms with E-state index in [9.17, 15) is 34.3 Å². The van der Waals surface area contributed by atoms with Gasteiger partial charge in [0.1, 0.15) is 49.7 Å². The number of rotatable bonds is 15. The Hall–Kier alpha value is -7.14. The lowest BCUT2D eigenvalue weighted by molar-refractivity contribution is -0.141. The number of aromatic hydroxyl groups is 1. The number of likely N-dealkylation sites (N-methyl/N-ethyl adjacent to an activating group) is 1. The monoisotopic (exact) mass is 919 g/mol. The molecular formula is C48H61N11O8. The number of phenolic OH excluding ortho intramolecular Hbond substituents is 1. The Kier molecular flexibility index (Phi) is 17.0. The first kappa shape index (κ1) is 50.9. The van der Waals surface area contributed by atoms with Crippen LogP contribution >= 0.6 is 0 Å². The Morgan fingerprint density at radius 3 is 2.15 bits per heavy atom. The molecule has 3 aromatic carbocycles. The molecule has 5 rings (SSSR count). The summed E-state index contributed by atoms with van der Waals surface area (Å²) in [4.78, 5) is 81.0. The highest BCUT2D eigenvalue weighted by molar-refractivity contribution is 6.00. The molecule has 0 spiro atoms. The highest BCUT2D eigenvalue weighted by Gasteiger charge is 2.37. The smallest absolute Gasteiger partial charge is 0.255 e. The van der Waals surface area contributed by atoms with E-state index in [2.05, 4.69) is 52.0 Å². The van der Waals surface area contributed by atoms with E-state index >= 15 is 0 Å². The molecule has 2 heterocycles. The molecule has 0 aliphatic carbocycles. The van der Waals surface area contributed by atoms with Crippen LogP contribution in [0.3, 0.4) is 0 Å². The lowest BCUT2D eigenvalue weighted by Crippen LogP contribution is -2.56. The molecule has 19 heteroatoms. The van der Waals surface area contributed by atoms with Gasteiger partial charge in [-0.2, -0.15) is 5.26 Å². The largest absolute Gasteiger partial charge is 0.504 e. The molecule has 5 amide bonds.